The summed E-state index contributed by atoms with van der Waals surface area (Å²) in [5.74, 6) is 2.96. The first-order valence-corrected chi connectivity index (χ1v) is 6.92. The second-order valence-corrected chi connectivity index (χ2v) is 5.24. The Labute approximate surface area is 110 Å². The van der Waals surface area contributed by atoms with Gasteiger partial charge in [0.2, 0.25) is 5.91 Å². The maximum atomic E-state index is 12.6. The number of rotatable bonds is 3. The molecular weight excluding hydrogens is 226 g/mol. The zero-order chi connectivity index (χ0) is 13.0. The van der Waals surface area contributed by atoms with Gasteiger partial charge in [-0.3, -0.25) is 9.69 Å². The maximum absolute atomic E-state index is 12.6. The van der Waals surface area contributed by atoms with Gasteiger partial charge in [-0.05, 0) is 25.8 Å². The van der Waals surface area contributed by atoms with Gasteiger partial charge < -0.3 is 10.2 Å². The van der Waals surface area contributed by atoms with Gasteiger partial charge in [0.05, 0.1) is 12.1 Å². The van der Waals surface area contributed by atoms with Gasteiger partial charge in [0, 0.05) is 26.2 Å². The highest BCUT2D eigenvalue weighted by Crippen LogP contribution is 2.25. The number of hydrogen-bond acceptors (Lipinski definition) is 3. The summed E-state index contributed by atoms with van der Waals surface area (Å²) in [5, 5.41) is 3.42. The molecule has 2 aliphatic heterocycles. The first-order valence-electron chi connectivity index (χ1n) is 6.92. The van der Waals surface area contributed by atoms with Gasteiger partial charge >= 0.3 is 0 Å². The quantitative estimate of drug-likeness (QED) is 0.731. The Hall–Kier alpha value is -1.05. The van der Waals surface area contributed by atoms with Crippen molar-refractivity contribution in [3.63, 3.8) is 0 Å². The molecule has 1 atom stereocenters. The van der Waals surface area contributed by atoms with Crippen LogP contribution in [-0.2, 0) is 4.79 Å². The van der Waals surface area contributed by atoms with Crippen molar-refractivity contribution in [2.24, 2.45) is 0 Å². The molecule has 0 bridgehead atoms. The van der Waals surface area contributed by atoms with Gasteiger partial charge in [-0.25, -0.2) is 0 Å². The molecule has 0 aromatic rings. The number of nitrogens with zero attached hydrogens (tertiary/aromatic N) is 2. The summed E-state index contributed by atoms with van der Waals surface area (Å²) < 4.78 is 0. The van der Waals surface area contributed by atoms with E-state index in [2.05, 4.69) is 23.1 Å². The SMILES string of the molecule is C#CCN1CCN(C(=O)C2(CC)CCCN2)CC1. The fraction of sp³-hybridized carbons (Fsp3) is 0.786. The molecule has 4 nitrogen and oxygen atoms in total. The third-order valence-corrected chi connectivity index (χ3v) is 4.23. The largest absolute Gasteiger partial charge is 0.339 e. The molecule has 1 N–H and O–H groups in total. The lowest BCUT2D eigenvalue weighted by Gasteiger charge is -2.39. The summed E-state index contributed by atoms with van der Waals surface area (Å²) in [6.07, 6.45) is 8.29. The second-order valence-electron chi connectivity index (χ2n) is 5.24. The van der Waals surface area contributed by atoms with E-state index in [1.807, 2.05) is 4.90 Å². The van der Waals surface area contributed by atoms with Gasteiger partial charge in [-0.2, -0.15) is 0 Å². The minimum atomic E-state index is -0.283. The van der Waals surface area contributed by atoms with Crippen molar-refractivity contribution in [1.29, 1.82) is 0 Å². The van der Waals surface area contributed by atoms with E-state index in [9.17, 15) is 4.79 Å². The van der Waals surface area contributed by atoms with E-state index in [1.165, 1.54) is 0 Å². The summed E-state index contributed by atoms with van der Waals surface area (Å²) in [7, 11) is 0. The van der Waals surface area contributed by atoms with E-state index in [0.717, 1.165) is 52.0 Å². The number of nitrogens with one attached hydrogen (secondary N) is 1. The fourth-order valence-corrected chi connectivity index (χ4v) is 2.98. The summed E-state index contributed by atoms with van der Waals surface area (Å²) in [5.41, 5.74) is -0.283. The summed E-state index contributed by atoms with van der Waals surface area (Å²) in [6.45, 7) is 7.18. The van der Waals surface area contributed by atoms with Crippen LogP contribution in [0.4, 0.5) is 0 Å². The number of carbonyl (C=O) groups excluding carboxylic acids is 1. The van der Waals surface area contributed by atoms with Crippen LogP contribution < -0.4 is 5.32 Å². The Morgan fingerprint density at radius 2 is 2.11 bits per heavy atom. The predicted molar refractivity (Wildman–Crippen MR) is 72.1 cm³/mol. The average molecular weight is 249 g/mol. The monoisotopic (exact) mass is 249 g/mol. The van der Waals surface area contributed by atoms with E-state index in [1.54, 1.807) is 0 Å². The van der Waals surface area contributed by atoms with Gasteiger partial charge in [0.25, 0.3) is 0 Å². The van der Waals surface area contributed by atoms with Gasteiger partial charge in [0.1, 0.15) is 0 Å². The van der Waals surface area contributed by atoms with E-state index >= 15 is 0 Å². The highest BCUT2D eigenvalue weighted by molar-refractivity contribution is 5.86. The van der Waals surface area contributed by atoms with E-state index in [0.29, 0.717) is 12.5 Å². The lowest BCUT2D eigenvalue weighted by atomic mass is 9.92. The van der Waals surface area contributed by atoms with Gasteiger partial charge in [0.15, 0.2) is 0 Å². The Morgan fingerprint density at radius 3 is 2.61 bits per heavy atom. The van der Waals surface area contributed by atoms with Crippen LogP contribution in [0.1, 0.15) is 26.2 Å². The molecule has 1 amide bonds. The highest BCUT2D eigenvalue weighted by Gasteiger charge is 2.42. The standard InChI is InChI=1S/C14H23N3O/c1-3-8-16-9-11-17(12-10-16)13(18)14(4-2)6-5-7-15-14/h1,15H,4-12H2,2H3. The highest BCUT2D eigenvalue weighted by atomic mass is 16.2. The third-order valence-electron chi connectivity index (χ3n) is 4.23. The minimum Gasteiger partial charge on any atom is -0.339 e. The van der Waals surface area contributed by atoms with Crippen molar-refractivity contribution < 1.29 is 4.79 Å². The number of carbonyl (C=O) groups is 1. The van der Waals surface area contributed by atoms with Crippen LogP contribution in [-0.4, -0.2) is 60.5 Å². The van der Waals surface area contributed by atoms with Crippen LogP contribution in [0.2, 0.25) is 0 Å². The van der Waals surface area contributed by atoms with Crippen molar-refractivity contribution >= 4 is 5.91 Å². The topological polar surface area (TPSA) is 35.6 Å². The molecular formula is C14H23N3O. The summed E-state index contributed by atoms with van der Waals surface area (Å²) in [6, 6.07) is 0. The molecule has 2 aliphatic rings. The molecule has 0 saturated carbocycles. The Morgan fingerprint density at radius 1 is 1.39 bits per heavy atom. The Balaban J connectivity index is 1.93. The van der Waals surface area contributed by atoms with Crippen LogP contribution in [0.3, 0.4) is 0 Å². The molecule has 2 heterocycles. The maximum Gasteiger partial charge on any atom is 0.242 e. The lowest BCUT2D eigenvalue weighted by molar-refractivity contribution is -0.139. The van der Waals surface area contributed by atoms with Crippen molar-refractivity contribution in [3.05, 3.63) is 0 Å². The smallest absolute Gasteiger partial charge is 0.242 e. The van der Waals surface area contributed by atoms with Crippen LogP contribution in [0.15, 0.2) is 0 Å². The van der Waals surface area contributed by atoms with Crippen molar-refractivity contribution in [1.82, 2.24) is 15.1 Å². The van der Waals surface area contributed by atoms with Gasteiger partial charge in [-0.1, -0.05) is 12.8 Å². The number of terminal acetylenes is 1. The number of hydrogen-bond donors (Lipinski definition) is 1. The minimum absolute atomic E-state index is 0.283. The van der Waals surface area contributed by atoms with E-state index < -0.39 is 0 Å². The Kier molecular flexibility index (Phi) is 4.26. The van der Waals surface area contributed by atoms with Crippen LogP contribution in [0, 0.1) is 12.3 Å². The van der Waals surface area contributed by atoms with Crippen LogP contribution in [0.25, 0.3) is 0 Å². The first-order chi connectivity index (χ1) is 8.72. The van der Waals surface area contributed by atoms with Crippen molar-refractivity contribution in [2.75, 3.05) is 39.3 Å². The zero-order valence-electron chi connectivity index (χ0n) is 11.2. The normalized spacial score (nSPS) is 29.2. The molecule has 0 aromatic heterocycles. The average Bonchev–Trinajstić information content (AvgIpc) is 2.89. The molecule has 2 saturated heterocycles. The molecule has 1 unspecified atom stereocenters. The molecule has 100 valence electrons. The molecule has 0 spiro atoms. The molecule has 0 aromatic carbocycles. The molecule has 0 aliphatic carbocycles. The molecule has 0 radical (unpaired) electrons. The second kappa shape index (κ2) is 5.73. The molecule has 2 fully saturated rings. The molecule has 4 heteroatoms. The van der Waals surface area contributed by atoms with E-state index in [-0.39, 0.29) is 5.54 Å². The summed E-state index contributed by atoms with van der Waals surface area (Å²) in [4.78, 5) is 16.9. The number of amides is 1. The predicted octanol–water partition coefficient (Wildman–Crippen LogP) is 0.296. The third kappa shape index (κ3) is 2.52. The fourth-order valence-electron chi connectivity index (χ4n) is 2.98. The van der Waals surface area contributed by atoms with Crippen molar-refractivity contribution in [2.45, 2.75) is 31.7 Å². The Bertz CT molecular complexity index is 333. The van der Waals surface area contributed by atoms with Gasteiger partial charge in [-0.15, -0.1) is 6.42 Å². The van der Waals surface area contributed by atoms with Crippen LogP contribution in [0.5, 0.6) is 0 Å². The van der Waals surface area contributed by atoms with Crippen LogP contribution >= 0.6 is 0 Å². The first kappa shape index (κ1) is 13.4. The summed E-state index contributed by atoms with van der Waals surface area (Å²) >= 11 is 0. The zero-order valence-corrected chi connectivity index (χ0v) is 11.2. The molecule has 18 heavy (non-hydrogen) atoms. The lowest BCUT2D eigenvalue weighted by Crippen LogP contribution is -2.59. The van der Waals surface area contributed by atoms with E-state index in [4.69, 9.17) is 6.42 Å². The molecule has 2 rings (SSSR count). The van der Waals surface area contributed by atoms with Crippen molar-refractivity contribution in [3.8, 4) is 12.3 Å². The number of piperazine rings is 1.